The van der Waals surface area contributed by atoms with E-state index in [1.807, 2.05) is 12.1 Å². The van der Waals surface area contributed by atoms with Gasteiger partial charge in [-0.2, -0.15) is 0 Å². The summed E-state index contributed by atoms with van der Waals surface area (Å²) in [5.74, 6) is 0.665. The van der Waals surface area contributed by atoms with Crippen LogP contribution < -0.4 is 10.2 Å². The molecule has 1 aliphatic heterocycles. The highest BCUT2D eigenvalue weighted by Crippen LogP contribution is 2.33. The van der Waals surface area contributed by atoms with E-state index in [0.29, 0.717) is 22.0 Å². The molecule has 1 saturated heterocycles. The Kier molecular flexibility index (Phi) is 5.37. The molecule has 0 bridgehead atoms. The molecule has 2 nitrogen and oxygen atoms in total. The predicted molar refractivity (Wildman–Crippen MR) is 84.5 cm³/mol. The minimum atomic E-state index is 0.516. The number of hydrogen-bond donors (Lipinski definition) is 1. The van der Waals surface area contributed by atoms with Crippen LogP contribution in [-0.2, 0) is 0 Å². The highest BCUT2D eigenvalue weighted by Gasteiger charge is 2.23. The number of anilines is 1. The van der Waals surface area contributed by atoms with Gasteiger partial charge in [0.2, 0.25) is 0 Å². The molecule has 1 heterocycles. The van der Waals surface area contributed by atoms with Gasteiger partial charge in [-0.05, 0) is 31.0 Å². The second kappa shape index (κ2) is 6.83. The van der Waals surface area contributed by atoms with Crippen LogP contribution in [0.5, 0.6) is 0 Å². The van der Waals surface area contributed by atoms with Crippen LogP contribution in [0.3, 0.4) is 0 Å². The number of hydrogen-bond acceptors (Lipinski definition) is 2. The Bertz CT molecular complexity index is 423. The fourth-order valence-corrected chi connectivity index (χ4v) is 2.99. The molecule has 2 atom stereocenters. The van der Waals surface area contributed by atoms with E-state index in [2.05, 4.69) is 30.1 Å². The zero-order valence-electron chi connectivity index (χ0n) is 11.6. The SMILES string of the molecule is CCC(C)C1CN(c2cccc(Cl)c2Cl)CCCN1. The summed E-state index contributed by atoms with van der Waals surface area (Å²) in [7, 11) is 0. The summed E-state index contributed by atoms with van der Waals surface area (Å²) in [5, 5.41) is 4.96. The normalized spacial score (nSPS) is 22.1. The van der Waals surface area contributed by atoms with E-state index in [9.17, 15) is 0 Å². The summed E-state index contributed by atoms with van der Waals surface area (Å²) < 4.78 is 0. The van der Waals surface area contributed by atoms with Crippen LogP contribution in [0.25, 0.3) is 0 Å². The molecule has 0 radical (unpaired) electrons. The van der Waals surface area contributed by atoms with Crippen molar-refractivity contribution < 1.29 is 0 Å². The Balaban J connectivity index is 2.20. The molecule has 0 aliphatic carbocycles. The van der Waals surface area contributed by atoms with E-state index in [4.69, 9.17) is 23.2 Å². The number of halogens is 2. The van der Waals surface area contributed by atoms with Gasteiger partial charge in [0.15, 0.2) is 0 Å². The topological polar surface area (TPSA) is 15.3 Å². The highest BCUT2D eigenvalue weighted by atomic mass is 35.5. The van der Waals surface area contributed by atoms with Crippen molar-refractivity contribution in [1.82, 2.24) is 5.32 Å². The monoisotopic (exact) mass is 300 g/mol. The van der Waals surface area contributed by atoms with E-state index in [1.165, 1.54) is 6.42 Å². The van der Waals surface area contributed by atoms with Crippen LogP contribution in [0.1, 0.15) is 26.7 Å². The fourth-order valence-electron chi connectivity index (χ4n) is 2.57. The minimum Gasteiger partial charge on any atom is -0.369 e. The van der Waals surface area contributed by atoms with Crippen molar-refractivity contribution in [2.75, 3.05) is 24.5 Å². The number of nitrogens with zero attached hydrogens (tertiary/aromatic N) is 1. The van der Waals surface area contributed by atoms with Crippen molar-refractivity contribution in [2.24, 2.45) is 5.92 Å². The van der Waals surface area contributed by atoms with Gasteiger partial charge in [0.05, 0.1) is 15.7 Å². The minimum absolute atomic E-state index is 0.516. The van der Waals surface area contributed by atoms with Crippen molar-refractivity contribution in [3.05, 3.63) is 28.2 Å². The van der Waals surface area contributed by atoms with Crippen molar-refractivity contribution in [2.45, 2.75) is 32.7 Å². The summed E-state index contributed by atoms with van der Waals surface area (Å²) in [5.41, 5.74) is 1.06. The lowest BCUT2D eigenvalue weighted by Crippen LogP contribution is -2.42. The number of rotatable bonds is 3. The summed E-state index contributed by atoms with van der Waals surface area (Å²) >= 11 is 12.5. The largest absolute Gasteiger partial charge is 0.369 e. The van der Waals surface area contributed by atoms with Gasteiger partial charge < -0.3 is 10.2 Å². The number of nitrogens with one attached hydrogen (secondary N) is 1. The van der Waals surface area contributed by atoms with Crippen molar-refractivity contribution in [3.63, 3.8) is 0 Å². The third kappa shape index (κ3) is 3.56. The van der Waals surface area contributed by atoms with E-state index in [0.717, 1.165) is 31.7 Å². The van der Waals surface area contributed by atoms with Crippen LogP contribution in [0.15, 0.2) is 18.2 Å². The zero-order chi connectivity index (χ0) is 13.8. The Labute approximate surface area is 126 Å². The first kappa shape index (κ1) is 15.0. The molecule has 1 aromatic carbocycles. The van der Waals surface area contributed by atoms with Crippen LogP contribution in [0, 0.1) is 5.92 Å². The smallest absolute Gasteiger partial charge is 0.0825 e. The molecular formula is C15H22Cl2N2. The van der Waals surface area contributed by atoms with Gasteiger partial charge in [0.25, 0.3) is 0 Å². The molecule has 0 saturated carbocycles. The predicted octanol–water partition coefficient (Wildman–Crippen LogP) is 4.21. The van der Waals surface area contributed by atoms with Crippen LogP contribution in [0.4, 0.5) is 5.69 Å². The van der Waals surface area contributed by atoms with Gasteiger partial charge in [0, 0.05) is 19.1 Å². The molecule has 1 aromatic rings. The van der Waals surface area contributed by atoms with Crippen LogP contribution >= 0.6 is 23.2 Å². The van der Waals surface area contributed by atoms with Gasteiger partial charge in [-0.3, -0.25) is 0 Å². The Morgan fingerprint density at radius 1 is 1.42 bits per heavy atom. The van der Waals surface area contributed by atoms with Crippen LogP contribution in [0.2, 0.25) is 10.0 Å². The van der Waals surface area contributed by atoms with E-state index >= 15 is 0 Å². The molecule has 2 rings (SSSR count). The molecular weight excluding hydrogens is 279 g/mol. The second-order valence-corrected chi connectivity index (χ2v) is 6.10. The molecule has 106 valence electrons. The molecule has 1 aliphatic rings. The maximum atomic E-state index is 6.35. The number of benzene rings is 1. The maximum absolute atomic E-state index is 6.35. The lowest BCUT2D eigenvalue weighted by molar-refractivity contribution is 0.384. The Morgan fingerprint density at radius 3 is 2.95 bits per heavy atom. The first-order valence-electron chi connectivity index (χ1n) is 7.05. The van der Waals surface area contributed by atoms with Gasteiger partial charge in [-0.25, -0.2) is 0 Å². The zero-order valence-corrected chi connectivity index (χ0v) is 13.1. The fraction of sp³-hybridized carbons (Fsp3) is 0.600. The first-order valence-corrected chi connectivity index (χ1v) is 7.81. The second-order valence-electron chi connectivity index (χ2n) is 5.32. The van der Waals surface area contributed by atoms with Crippen molar-refractivity contribution in [3.8, 4) is 0 Å². The van der Waals surface area contributed by atoms with E-state index in [1.54, 1.807) is 0 Å². The van der Waals surface area contributed by atoms with Crippen LogP contribution in [-0.4, -0.2) is 25.7 Å². The molecule has 0 amide bonds. The third-order valence-corrected chi connectivity index (χ3v) is 4.84. The van der Waals surface area contributed by atoms with Gasteiger partial charge in [0.1, 0.15) is 0 Å². The lowest BCUT2D eigenvalue weighted by atomic mass is 9.99. The highest BCUT2D eigenvalue weighted by molar-refractivity contribution is 6.43. The van der Waals surface area contributed by atoms with Crippen molar-refractivity contribution >= 4 is 28.9 Å². The summed E-state index contributed by atoms with van der Waals surface area (Å²) in [6.45, 7) is 7.65. The molecule has 0 aromatic heterocycles. The molecule has 4 heteroatoms. The molecule has 1 fully saturated rings. The summed E-state index contributed by atoms with van der Waals surface area (Å²) in [6, 6.07) is 6.39. The average Bonchev–Trinajstić information content (AvgIpc) is 2.67. The molecule has 0 spiro atoms. The van der Waals surface area contributed by atoms with E-state index < -0.39 is 0 Å². The van der Waals surface area contributed by atoms with Gasteiger partial charge in [-0.15, -0.1) is 0 Å². The molecule has 19 heavy (non-hydrogen) atoms. The van der Waals surface area contributed by atoms with E-state index in [-0.39, 0.29) is 0 Å². The quantitative estimate of drug-likeness (QED) is 0.899. The third-order valence-electron chi connectivity index (χ3n) is 4.03. The Morgan fingerprint density at radius 2 is 2.21 bits per heavy atom. The summed E-state index contributed by atoms with van der Waals surface area (Å²) in [4.78, 5) is 2.37. The lowest BCUT2D eigenvalue weighted by Gasteiger charge is -2.30. The molecule has 2 unspecified atom stereocenters. The first-order chi connectivity index (χ1) is 9.13. The molecule has 1 N–H and O–H groups in total. The standard InChI is InChI=1S/C15H22Cl2N2/c1-3-11(2)13-10-19(9-5-8-18-13)14-7-4-6-12(16)15(14)17/h4,6-7,11,13,18H,3,5,8-10H2,1-2H3. The van der Waals surface area contributed by atoms with Crippen molar-refractivity contribution in [1.29, 1.82) is 0 Å². The van der Waals surface area contributed by atoms with Gasteiger partial charge >= 0.3 is 0 Å². The Hall–Kier alpha value is -0.440. The van der Waals surface area contributed by atoms with Gasteiger partial charge in [-0.1, -0.05) is 49.5 Å². The average molecular weight is 301 g/mol. The summed E-state index contributed by atoms with van der Waals surface area (Å²) in [6.07, 6.45) is 2.32. The maximum Gasteiger partial charge on any atom is 0.0825 e.